The number of para-hydroxylation sites is 2. The molecule has 0 aliphatic carbocycles. The van der Waals surface area contributed by atoms with Crippen LogP contribution in [0.5, 0.6) is 5.75 Å². The third kappa shape index (κ3) is 31.2. The van der Waals surface area contributed by atoms with Crippen LogP contribution in [0, 0.1) is 11.3 Å². The number of nitrogens with two attached hydrogens (primary N) is 3. The molecule has 2 aromatic heterocycles. The standard InChI is InChI=1S/C96H133N23O20S/c1-9-11-13-15-28-75-88(132)107-66(27-21-36-102-96(99)100)84(128)114-74(83(127)105-49-80(98)124)52-140-53-81(125)106-70(40-56-31-33-60(121)34-32-56)91(135)115(6)55(5)82(126)110-72(45-79(97)123)93(137)118-38-22-30-76(118)89(133)108-67(41-57-35-37-101-46-57)85(129)111-69(39-54(3)4)94(138)119-50-61(122)44-78(119)90(134)109-68(42-58-47-103-64-25-19-17-23-62(58)64)86(130)113-73(51-120)87(131)112-71(43-59-48-104-65-26-20-18-24-63(59)65)92(136)117(8)77(95(139)116(75)7)29-16-14-12-10-2/h9-10,17-20,23-26,31-34,37,46-48,54-55,61,66-78,103-104,120-122H,1-2,11-16,21-22,27-30,35-36,38-45,49-53H2,3-8H3,(H2,97,123)(H2,98,124)(H,105,127)(H,106,125)(H,107,132)(H,108,133)(H,109,134)(H,110,126)(H,111,129)(H,112,131)(H,113,130)(H,114,128)(H4,99,100,102)/t55-,61+,66-,67-,68-,69-,70-,71-,72-,73-,74-,75-,76-,77-,78-/m0/s1. The van der Waals surface area contributed by atoms with Crippen molar-refractivity contribution in [1.29, 1.82) is 5.41 Å². The summed E-state index contributed by atoms with van der Waals surface area (Å²) in [6, 6.07) is -2.37. The number of hydrogen-bond donors (Lipinski definition) is 20. The number of nitrogens with zero attached hydrogens (tertiary/aromatic N) is 6. The van der Waals surface area contributed by atoms with Crippen LogP contribution >= 0.6 is 11.8 Å². The number of carbonyl (C=O) groups is 17. The average molecular weight is 1960 g/mol. The Hall–Kier alpha value is -14.0. The molecule has 15 atom stereocenters. The molecule has 0 spiro atoms. The molecular weight excluding hydrogens is 1830 g/mol. The summed E-state index contributed by atoms with van der Waals surface area (Å²) < 4.78 is 0. The summed E-state index contributed by atoms with van der Waals surface area (Å²) in [4.78, 5) is 268. The molecule has 3 saturated heterocycles. The van der Waals surface area contributed by atoms with Crippen LogP contribution in [0.1, 0.15) is 147 Å². The Bertz CT molecular complexity index is 5370. The third-order valence-electron chi connectivity index (χ3n) is 25.1. The number of aliphatic imine (C=N–C) groups is 1. The second-order valence-electron chi connectivity index (χ2n) is 36.1. The van der Waals surface area contributed by atoms with E-state index in [4.69, 9.17) is 22.6 Å². The van der Waals surface area contributed by atoms with Crippen LogP contribution in [0.25, 0.3) is 21.8 Å². The summed E-state index contributed by atoms with van der Waals surface area (Å²) in [6.45, 7) is 10.0. The van der Waals surface area contributed by atoms with Crippen molar-refractivity contribution in [3.63, 3.8) is 0 Å². The maximum Gasteiger partial charge on any atom is 0.246 e. The van der Waals surface area contributed by atoms with E-state index in [2.05, 4.69) is 86.6 Å². The molecule has 3 fully saturated rings. The number of allylic oxidation sites excluding steroid dienone is 2. The lowest BCUT2D eigenvalue weighted by Gasteiger charge is -2.36. The normalized spacial score (nSPS) is 24.6. The number of thioether (sulfide) groups is 1. The summed E-state index contributed by atoms with van der Waals surface area (Å²) in [6.07, 6.45) is 8.36. The number of phenols is 1. The number of nitrogens with one attached hydrogen (secondary N) is 14. The molecule has 43 nitrogen and oxygen atoms in total. The summed E-state index contributed by atoms with van der Waals surface area (Å²) in [7, 11) is 3.90. The van der Waals surface area contributed by atoms with Crippen molar-refractivity contribution in [2.24, 2.45) is 28.1 Å². The minimum atomic E-state index is -1.91. The lowest BCUT2D eigenvalue weighted by molar-refractivity contribution is -0.149. The minimum Gasteiger partial charge on any atom is -0.508 e. The number of primary amides is 2. The van der Waals surface area contributed by atoms with Crippen LogP contribution < -0.4 is 75.7 Å². The van der Waals surface area contributed by atoms with Gasteiger partial charge < -0.3 is 125 Å². The molecule has 4 aliphatic rings. The van der Waals surface area contributed by atoms with Gasteiger partial charge in [-0.3, -0.25) is 91.9 Å². The molecular formula is C96H133N23O20S. The molecule has 0 bridgehead atoms. The monoisotopic (exact) mass is 1960 g/mol. The number of amides is 17. The Balaban J connectivity index is 1.12. The first-order valence-electron chi connectivity index (χ1n) is 47.0. The van der Waals surface area contributed by atoms with E-state index in [0.717, 1.165) is 36.3 Å². The van der Waals surface area contributed by atoms with Crippen LogP contribution in [-0.4, -0.2) is 319 Å². The van der Waals surface area contributed by atoms with Crippen LogP contribution in [0.2, 0.25) is 0 Å². The van der Waals surface area contributed by atoms with Gasteiger partial charge >= 0.3 is 0 Å². The zero-order valence-electron chi connectivity index (χ0n) is 79.7. The van der Waals surface area contributed by atoms with Gasteiger partial charge in [0, 0.05) is 125 Å². The van der Waals surface area contributed by atoms with Gasteiger partial charge in [0.25, 0.3) is 0 Å². The number of unbranched alkanes of at least 4 members (excludes halogenated alkanes) is 4. The summed E-state index contributed by atoms with van der Waals surface area (Å²) in [5, 5.41) is 71.5. The first-order valence-corrected chi connectivity index (χ1v) is 48.2. The lowest BCUT2D eigenvalue weighted by atomic mass is 9.99. The molecule has 0 saturated carbocycles. The highest BCUT2D eigenvalue weighted by molar-refractivity contribution is 8.00. The number of guanidine groups is 1. The van der Waals surface area contributed by atoms with Gasteiger partial charge in [-0.05, 0) is 136 Å². The largest absolute Gasteiger partial charge is 0.508 e. The number of aromatic nitrogens is 2. The van der Waals surface area contributed by atoms with Crippen LogP contribution in [0.4, 0.5) is 0 Å². The number of carbonyl (C=O) groups excluding carboxylic acids is 17. The fraction of sp³-hybridized carbons (Fsp3) is 0.510. The maximum atomic E-state index is 15.9. The zero-order valence-corrected chi connectivity index (χ0v) is 80.6. The quantitative estimate of drug-likeness (QED) is 0.0113. The zero-order chi connectivity index (χ0) is 102. The Morgan fingerprint density at radius 1 is 0.564 bits per heavy atom. The second kappa shape index (κ2) is 53.2. The number of benzene rings is 3. The number of aromatic amines is 2. The highest BCUT2D eigenvalue weighted by Gasteiger charge is 2.47. The molecule has 23 N–H and O–H groups in total. The van der Waals surface area contributed by atoms with E-state index in [0.29, 0.717) is 69.8 Å². The van der Waals surface area contributed by atoms with Gasteiger partial charge in [0.2, 0.25) is 100 Å². The number of fused-ring (bicyclic) bond motifs is 4. The van der Waals surface area contributed by atoms with Crippen molar-refractivity contribution in [2.75, 3.05) is 65.4 Å². The van der Waals surface area contributed by atoms with Crippen LogP contribution in [-0.2, 0) is 101 Å². The molecule has 9 rings (SSSR count). The predicted octanol–water partition coefficient (Wildman–Crippen LogP) is -1.03. The van der Waals surface area contributed by atoms with Crippen molar-refractivity contribution in [3.05, 3.63) is 139 Å². The van der Waals surface area contributed by atoms with E-state index in [-0.39, 0.29) is 115 Å². The topological polar surface area (TPSA) is 645 Å². The van der Waals surface area contributed by atoms with Gasteiger partial charge in [-0.15, -0.1) is 24.9 Å². The Kier molecular flexibility index (Phi) is 41.7. The molecule has 140 heavy (non-hydrogen) atoms. The van der Waals surface area contributed by atoms with E-state index in [1.54, 1.807) is 93.1 Å². The molecule has 3 aromatic carbocycles. The number of hydrogen-bond acceptors (Lipinski definition) is 23. The molecule has 758 valence electrons. The molecule has 17 amide bonds. The number of likely N-dealkylation sites (N-methyl/N-ethyl adjacent to an activating group) is 3. The summed E-state index contributed by atoms with van der Waals surface area (Å²) in [5.74, 6) is -18.1. The van der Waals surface area contributed by atoms with E-state index in [1.807, 2.05) is 0 Å². The van der Waals surface area contributed by atoms with E-state index < -0.39 is 241 Å². The molecule has 6 heterocycles. The Morgan fingerprint density at radius 2 is 1.10 bits per heavy atom. The predicted molar refractivity (Wildman–Crippen MR) is 522 cm³/mol. The number of aliphatic hydroxyl groups is 2. The third-order valence-corrected chi connectivity index (χ3v) is 26.2. The SMILES string of the molecule is C=CCCCC[C@H]1C(=O)N(C)[C@@H](CCCCC=C)C(=O)N[C@@H](CCCNC(=N)N)C(=O)N[C@H](C(=O)NCC(N)=O)CSCC(=O)N[C@@H](Cc2ccc(O)cc2)C(=O)N(C)[C@@H](C)C(=O)N[C@@H](CC(N)=O)C(=O)N2CCC[C@H]2C(=O)N[C@@H](CC2=CN=CC2)C(=O)N[C@@H](CC(C)C)C(=O)N2C[C@H](O)C[C@H]2C(=O)N[C@@H](Cc2c[nH]c3ccccc23)C(=O)N[C@@H](CO)C(=O)N[C@@H](Cc2c[nH]c3ccccc23)C(=O)N1C. The second-order valence-corrected chi connectivity index (χ2v) is 37.1. The lowest BCUT2D eigenvalue weighted by Crippen LogP contribution is -2.61. The molecule has 0 unspecified atom stereocenters. The minimum absolute atomic E-state index is 0.00746. The Labute approximate surface area is 815 Å². The van der Waals surface area contributed by atoms with Gasteiger partial charge in [0.05, 0.1) is 31.4 Å². The molecule has 5 aromatic rings. The number of H-pyrrole nitrogens is 2. The molecule has 44 heteroatoms. The van der Waals surface area contributed by atoms with Crippen molar-refractivity contribution in [2.45, 2.75) is 240 Å². The number of rotatable bonds is 30. The van der Waals surface area contributed by atoms with Gasteiger partial charge in [-0.2, -0.15) is 0 Å². The van der Waals surface area contributed by atoms with E-state index in [9.17, 15) is 53.7 Å². The number of aromatic hydroxyl groups is 1. The van der Waals surface area contributed by atoms with Crippen molar-refractivity contribution in [1.82, 2.24) is 93.0 Å². The average Bonchev–Trinajstić information content (AvgIpc) is 1.68. The Morgan fingerprint density at radius 3 is 1.69 bits per heavy atom. The van der Waals surface area contributed by atoms with E-state index in [1.165, 1.54) is 58.5 Å². The number of phenolic OH excluding ortho intramolecular Hbond substituents is 1. The van der Waals surface area contributed by atoms with Crippen LogP contribution in [0.15, 0.2) is 127 Å². The maximum absolute atomic E-state index is 15.9. The molecule has 4 aliphatic heterocycles. The van der Waals surface area contributed by atoms with Crippen LogP contribution in [0.3, 0.4) is 0 Å². The first-order chi connectivity index (χ1) is 66.8. The van der Waals surface area contributed by atoms with E-state index >= 15 is 43.2 Å². The van der Waals surface area contributed by atoms with Gasteiger partial charge in [-0.1, -0.05) is 87.4 Å². The number of aliphatic hydroxyl groups excluding tert-OH is 2. The van der Waals surface area contributed by atoms with Gasteiger partial charge in [0.1, 0.15) is 90.3 Å². The highest BCUT2D eigenvalue weighted by Crippen LogP contribution is 2.29. The fourth-order valence-electron chi connectivity index (χ4n) is 17.4. The first kappa shape index (κ1) is 110. The fourth-order valence-corrected chi connectivity index (χ4v) is 18.3. The summed E-state index contributed by atoms with van der Waals surface area (Å²) >= 11 is 0.757. The van der Waals surface area contributed by atoms with Crippen molar-refractivity contribution < 1.29 is 96.8 Å². The van der Waals surface area contributed by atoms with Crippen molar-refractivity contribution >= 4 is 146 Å². The smallest absolute Gasteiger partial charge is 0.246 e. The molecule has 0 radical (unpaired) electrons. The summed E-state index contributed by atoms with van der Waals surface area (Å²) in [5.41, 5.74) is 20.0. The van der Waals surface area contributed by atoms with Gasteiger partial charge in [0.15, 0.2) is 5.96 Å². The highest BCUT2D eigenvalue weighted by atomic mass is 32.2. The van der Waals surface area contributed by atoms with Crippen molar-refractivity contribution in [3.8, 4) is 5.75 Å². The van der Waals surface area contributed by atoms with Gasteiger partial charge in [-0.25, -0.2) is 0 Å².